The van der Waals surface area contributed by atoms with Gasteiger partial charge < -0.3 is 10.3 Å². The van der Waals surface area contributed by atoms with Crippen LogP contribution < -0.4 is 5.32 Å². The van der Waals surface area contributed by atoms with Crippen molar-refractivity contribution in [2.75, 3.05) is 19.6 Å². The first-order chi connectivity index (χ1) is 10.1. The summed E-state index contributed by atoms with van der Waals surface area (Å²) in [4.78, 5) is 17.8. The highest BCUT2D eigenvalue weighted by molar-refractivity contribution is 5.86. The number of fused-ring (bicyclic) bond motifs is 1. The van der Waals surface area contributed by atoms with Gasteiger partial charge in [-0.15, -0.1) is 0 Å². The Hall–Kier alpha value is -1.65. The summed E-state index contributed by atoms with van der Waals surface area (Å²) in [6.45, 7) is 6.73. The van der Waals surface area contributed by atoms with Crippen molar-refractivity contribution >= 4 is 16.7 Å². The second kappa shape index (κ2) is 6.00. The maximum atomic E-state index is 12.1. The van der Waals surface area contributed by atoms with Crippen LogP contribution in [0.25, 0.3) is 10.9 Å². The summed E-state index contributed by atoms with van der Waals surface area (Å²) >= 11 is 0. The lowest BCUT2D eigenvalue weighted by atomic mass is 9.99. The third-order valence-corrected chi connectivity index (χ3v) is 4.40. The molecule has 1 aromatic carbocycles. The smallest absolute Gasteiger partial charge is 0.147 e. The number of carbonyl (C=O) groups excluding carboxylic acids is 1. The van der Waals surface area contributed by atoms with Gasteiger partial charge in [0, 0.05) is 42.8 Å². The van der Waals surface area contributed by atoms with Crippen molar-refractivity contribution < 1.29 is 4.79 Å². The van der Waals surface area contributed by atoms with Gasteiger partial charge in [0.25, 0.3) is 0 Å². The lowest BCUT2D eigenvalue weighted by Crippen LogP contribution is -2.55. The largest absolute Gasteiger partial charge is 0.361 e. The minimum Gasteiger partial charge on any atom is -0.361 e. The molecule has 3 rings (SSSR count). The van der Waals surface area contributed by atoms with E-state index < -0.39 is 0 Å². The van der Waals surface area contributed by atoms with Crippen LogP contribution in [0.5, 0.6) is 0 Å². The van der Waals surface area contributed by atoms with Gasteiger partial charge in [-0.25, -0.2) is 0 Å². The zero-order valence-electron chi connectivity index (χ0n) is 12.7. The minimum absolute atomic E-state index is 0.0197. The van der Waals surface area contributed by atoms with Gasteiger partial charge in [0.2, 0.25) is 0 Å². The SMILES string of the molecule is CC(=O)[C@H](Cc1c[nH]c2ccccc12)N1CCN[C@@H](C)C1. The summed E-state index contributed by atoms with van der Waals surface area (Å²) < 4.78 is 0. The highest BCUT2D eigenvalue weighted by Gasteiger charge is 2.27. The van der Waals surface area contributed by atoms with E-state index >= 15 is 0 Å². The Labute approximate surface area is 125 Å². The van der Waals surface area contributed by atoms with Crippen molar-refractivity contribution in [2.45, 2.75) is 32.4 Å². The van der Waals surface area contributed by atoms with Gasteiger partial charge >= 0.3 is 0 Å². The van der Waals surface area contributed by atoms with Crippen LogP contribution in [0.1, 0.15) is 19.4 Å². The Balaban J connectivity index is 1.83. The Morgan fingerprint density at radius 2 is 2.24 bits per heavy atom. The summed E-state index contributed by atoms with van der Waals surface area (Å²) in [6, 6.07) is 8.71. The molecule has 112 valence electrons. The number of hydrogen-bond donors (Lipinski definition) is 2. The molecular formula is C17H23N3O. The molecular weight excluding hydrogens is 262 g/mol. The molecule has 0 unspecified atom stereocenters. The molecule has 0 aliphatic carbocycles. The van der Waals surface area contributed by atoms with Crippen molar-refractivity contribution in [3.8, 4) is 0 Å². The number of benzene rings is 1. The van der Waals surface area contributed by atoms with E-state index in [0.29, 0.717) is 6.04 Å². The predicted octanol–water partition coefficient (Wildman–Crippen LogP) is 1.96. The van der Waals surface area contributed by atoms with Gasteiger partial charge in [0.15, 0.2) is 0 Å². The summed E-state index contributed by atoms with van der Waals surface area (Å²) in [6.07, 6.45) is 2.83. The molecule has 1 fully saturated rings. The molecule has 1 aliphatic heterocycles. The van der Waals surface area contributed by atoms with Crippen LogP contribution in [0.4, 0.5) is 0 Å². The van der Waals surface area contributed by atoms with Crippen LogP contribution in [0.3, 0.4) is 0 Å². The standard InChI is InChI=1S/C17H23N3O/c1-12-11-20(8-7-18-12)17(13(2)21)9-14-10-19-16-6-4-3-5-15(14)16/h3-6,10,12,17-19H,7-9,11H2,1-2H3/t12-,17-/m0/s1. The summed E-state index contributed by atoms with van der Waals surface area (Å²) in [5.41, 5.74) is 2.38. The maximum absolute atomic E-state index is 12.1. The molecule has 1 aromatic heterocycles. The van der Waals surface area contributed by atoms with E-state index in [1.54, 1.807) is 6.92 Å². The van der Waals surface area contributed by atoms with Crippen molar-refractivity contribution in [2.24, 2.45) is 0 Å². The number of aromatic amines is 1. The van der Waals surface area contributed by atoms with Crippen LogP contribution in [-0.4, -0.2) is 47.4 Å². The Kier molecular flexibility index (Phi) is 4.08. The van der Waals surface area contributed by atoms with Crippen molar-refractivity contribution in [1.82, 2.24) is 15.2 Å². The van der Waals surface area contributed by atoms with Crippen LogP contribution in [0.15, 0.2) is 30.5 Å². The molecule has 2 heterocycles. The average molecular weight is 285 g/mol. The number of Topliss-reactive ketones (excluding diaryl/α,β-unsaturated/α-hetero) is 1. The Morgan fingerprint density at radius 1 is 1.43 bits per heavy atom. The van der Waals surface area contributed by atoms with Crippen LogP contribution in [0.2, 0.25) is 0 Å². The summed E-state index contributed by atoms with van der Waals surface area (Å²) in [7, 11) is 0. The number of nitrogens with zero attached hydrogens (tertiary/aromatic N) is 1. The minimum atomic E-state index is -0.0197. The van der Waals surface area contributed by atoms with Crippen molar-refractivity contribution in [3.05, 3.63) is 36.0 Å². The summed E-state index contributed by atoms with van der Waals surface area (Å²) in [5, 5.41) is 4.66. The first kappa shape index (κ1) is 14.3. The van der Waals surface area contributed by atoms with Crippen molar-refractivity contribution in [1.29, 1.82) is 0 Å². The average Bonchev–Trinajstić information content (AvgIpc) is 2.87. The number of ketones is 1. The zero-order valence-corrected chi connectivity index (χ0v) is 12.7. The van der Waals surface area contributed by atoms with Gasteiger partial charge in [0.05, 0.1) is 6.04 Å². The number of H-pyrrole nitrogens is 1. The van der Waals surface area contributed by atoms with E-state index in [1.807, 2.05) is 12.3 Å². The molecule has 1 aliphatic rings. The van der Waals surface area contributed by atoms with E-state index in [-0.39, 0.29) is 11.8 Å². The van der Waals surface area contributed by atoms with Gasteiger partial charge in [-0.05, 0) is 31.9 Å². The van der Waals surface area contributed by atoms with Gasteiger partial charge in [0.1, 0.15) is 5.78 Å². The Morgan fingerprint density at radius 3 is 3.00 bits per heavy atom. The number of para-hydroxylation sites is 1. The number of aromatic nitrogens is 1. The van der Waals surface area contributed by atoms with Gasteiger partial charge in [-0.2, -0.15) is 0 Å². The predicted molar refractivity (Wildman–Crippen MR) is 85.5 cm³/mol. The van der Waals surface area contributed by atoms with E-state index in [9.17, 15) is 4.79 Å². The van der Waals surface area contributed by atoms with E-state index in [0.717, 1.165) is 31.6 Å². The molecule has 1 saturated heterocycles. The lowest BCUT2D eigenvalue weighted by Gasteiger charge is -2.36. The number of hydrogen-bond acceptors (Lipinski definition) is 3. The topological polar surface area (TPSA) is 48.1 Å². The van der Waals surface area contributed by atoms with Crippen LogP contribution in [0, 0.1) is 0 Å². The number of carbonyl (C=O) groups is 1. The first-order valence-electron chi connectivity index (χ1n) is 7.68. The normalized spacial score (nSPS) is 21.5. The number of nitrogens with one attached hydrogen (secondary N) is 2. The molecule has 4 heteroatoms. The number of rotatable bonds is 4. The molecule has 4 nitrogen and oxygen atoms in total. The Bertz CT molecular complexity index is 634. The third-order valence-electron chi connectivity index (χ3n) is 4.40. The molecule has 0 spiro atoms. The number of piperazine rings is 1. The molecule has 0 bridgehead atoms. The molecule has 21 heavy (non-hydrogen) atoms. The second-order valence-electron chi connectivity index (χ2n) is 6.04. The van der Waals surface area contributed by atoms with E-state index in [1.165, 1.54) is 10.9 Å². The third kappa shape index (κ3) is 3.01. The molecule has 2 aromatic rings. The van der Waals surface area contributed by atoms with E-state index in [4.69, 9.17) is 0 Å². The molecule has 2 atom stereocenters. The van der Waals surface area contributed by atoms with Crippen LogP contribution in [-0.2, 0) is 11.2 Å². The van der Waals surface area contributed by atoms with Gasteiger partial charge in [-0.3, -0.25) is 9.69 Å². The molecule has 2 N–H and O–H groups in total. The lowest BCUT2D eigenvalue weighted by molar-refractivity contribution is -0.122. The monoisotopic (exact) mass is 285 g/mol. The highest BCUT2D eigenvalue weighted by atomic mass is 16.1. The van der Waals surface area contributed by atoms with E-state index in [2.05, 4.69) is 40.3 Å². The zero-order chi connectivity index (χ0) is 14.8. The maximum Gasteiger partial charge on any atom is 0.147 e. The second-order valence-corrected chi connectivity index (χ2v) is 6.04. The molecule has 0 radical (unpaired) electrons. The van der Waals surface area contributed by atoms with Crippen LogP contribution >= 0.6 is 0 Å². The summed E-state index contributed by atoms with van der Waals surface area (Å²) in [5.74, 6) is 0.259. The highest BCUT2D eigenvalue weighted by Crippen LogP contribution is 2.21. The fourth-order valence-corrected chi connectivity index (χ4v) is 3.28. The fourth-order valence-electron chi connectivity index (χ4n) is 3.28. The fraction of sp³-hybridized carbons (Fsp3) is 0.471. The molecule has 0 saturated carbocycles. The first-order valence-corrected chi connectivity index (χ1v) is 7.68. The van der Waals surface area contributed by atoms with Crippen molar-refractivity contribution in [3.63, 3.8) is 0 Å². The quantitative estimate of drug-likeness (QED) is 0.903. The molecule has 0 amide bonds. The van der Waals surface area contributed by atoms with Gasteiger partial charge in [-0.1, -0.05) is 18.2 Å².